The van der Waals surface area contributed by atoms with Gasteiger partial charge in [-0.05, 0) is 38.7 Å². The van der Waals surface area contributed by atoms with Crippen molar-refractivity contribution in [1.29, 1.82) is 0 Å². The highest BCUT2D eigenvalue weighted by atomic mass is 19.4. The fourth-order valence-electron chi connectivity index (χ4n) is 3.28. The predicted octanol–water partition coefficient (Wildman–Crippen LogP) is 7.06. The maximum Gasteiger partial charge on any atom is 0.393 e. The maximum atomic E-state index is 11.8. The molecule has 0 saturated heterocycles. The average Bonchev–Trinajstić information content (AvgIpc) is 2.49. The molecule has 1 nitrogen and oxygen atoms in total. The van der Waals surface area contributed by atoms with Gasteiger partial charge in [-0.2, -0.15) is 13.2 Å². The number of hydrogen-bond donors (Lipinski definition) is 0. The highest BCUT2D eigenvalue weighted by Crippen LogP contribution is 2.35. The Bertz CT molecular complexity index is 472. The Hall–Kier alpha value is -1.32. The maximum absolute atomic E-state index is 11.8. The molecule has 1 rings (SSSR count). The minimum Gasteiger partial charge on any atom is -0.299 e. The van der Waals surface area contributed by atoms with E-state index in [2.05, 4.69) is 20.8 Å². The number of halogens is 3. The normalized spacial score (nSPS) is 11.7. The monoisotopic (exact) mass is 358 g/mol. The van der Waals surface area contributed by atoms with Gasteiger partial charge in [0.15, 0.2) is 0 Å². The third-order valence-electron chi connectivity index (χ3n) is 4.46. The molecule has 0 atom stereocenters. The Morgan fingerprint density at radius 2 is 1.28 bits per heavy atom. The first-order valence-corrected chi connectivity index (χ1v) is 9.23. The fourth-order valence-corrected chi connectivity index (χ4v) is 3.28. The van der Waals surface area contributed by atoms with Crippen molar-refractivity contribution in [3.8, 4) is 0 Å². The Balaban J connectivity index is 0.000000462. The molecule has 0 N–H and O–H groups in total. The Kier molecular flexibility index (Phi) is 10.7. The summed E-state index contributed by atoms with van der Waals surface area (Å²) in [7, 11) is 0. The minimum absolute atomic E-state index is 0.0122. The Morgan fingerprint density at radius 3 is 1.56 bits per heavy atom. The zero-order chi connectivity index (χ0) is 19.5. The van der Waals surface area contributed by atoms with Crippen LogP contribution in [0, 0.1) is 12.3 Å². The molecule has 0 fully saturated rings. The van der Waals surface area contributed by atoms with Crippen molar-refractivity contribution in [3.63, 3.8) is 0 Å². The zero-order valence-electron chi connectivity index (χ0n) is 16.3. The molecule has 144 valence electrons. The lowest BCUT2D eigenvalue weighted by atomic mass is 9.73. The summed E-state index contributed by atoms with van der Waals surface area (Å²) >= 11 is 0. The van der Waals surface area contributed by atoms with Crippen LogP contribution in [0.2, 0.25) is 0 Å². The molecule has 1 aromatic rings. The number of carbonyl (C=O) groups is 1. The van der Waals surface area contributed by atoms with Crippen LogP contribution >= 0.6 is 0 Å². The third-order valence-corrected chi connectivity index (χ3v) is 4.46. The highest BCUT2D eigenvalue weighted by molar-refractivity contribution is 5.82. The lowest BCUT2D eigenvalue weighted by molar-refractivity contribution is -0.128. The van der Waals surface area contributed by atoms with Crippen molar-refractivity contribution in [2.75, 3.05) is 0 Å². The first-order valence-electron chi connectivity index (χ1n) is 9.23. The number of alkyl halides is 3. The van der Waals surface area contributed by atoms with E-state index in [0.717, 1.165) is 44.1 Å². The number of rotatable bonds is 8. The Morgan fingerprint density at radius 1 is 0.880 bits per heavy atom. The van der Waals surface area contributed by atoms with Crippen LogP contribution in [0.25, 0.3) is 0 Å². The highest BCUT2D eigenvalue weighted by Gasteiger charge is 2.32. The lowest BCUT2D eigenvalue weighted by Crippen LogP contribution is -2.28. The molecule has 0 aromatic heterocycles. The van der Waals surface area contributed by atoms with Gasteiger partial charge in [0.05, 0.1) is 6.42 Å². The molecule has 4 heteroatoms. The fraction of sp³-hybridized carbons (Fsp3) is 0.667. The van der Waals surface area contributed by atoms with E-state index in [-0.39, 0.29) is 5.41 Å². The quantitative estimate of drug-likeness (QED) is 0.486. The molecule has 0 heterocycles. The first-order chi connectivity index (χ1) is 11.6. The van der Waals surface area contributed by atoms with Crippen LogP contribution in [0.5, 0.6) is 0 Å². The molecule has 0 spiro atoms. The molecule has 1 aromatic carbocycles. The summed E-state index contributed by atoms with van der Waals surface area (Å²) in [5.41, 5.74) is 1.30. The summed E-state index contributed by atoms with van der Waals surface area (Å²) in [4.78, 5) is 11.6. The third kappa shape index (κ3) is 9.66. The number of Topliss-reactive ketones (excluding diaryl/α,β-unsaturated/α-hetero) is 1. The molecule has 0 saturated carbocycles. The second-order valence-electron chi connectivity index (χ2n) is 6.86. The minimum atomic E-state index is -4.10. The number of ketones is 1. The smallest absolute Gasteiger partial charge is 0.299 e. The molecule has 0 aliphatic carbocycles. The number of aryl methyl sites for hydroxylation is 1. The molecule has 0 aliphatic rings. The molecule has 25 heavy (non-hydrogen) atoms. The Labute approximate surface area is 151 Å². The largest absolute Gasteiger partial charge is 0.393 e. The summed E-state index contributed by atoms with van der Waals surface area (Å²) in [5, 5.41) is 0. The van der Waals surface area contributed by atoms with Gasteiger partial charge < -0.3 is 0 Å². The van der Waals surface area contributed by atoms with Gasteiger partial charge in [0.25, 0.3) is 0 Å². The van der Waals surface area contributed by atoms with Gasteiger partial charge in [-0.3, -0.25) is 4.79 Å². The first kappa shape index (κ1) is 23.7. The standard InChI is InChI=1S/C12H24O.C9H9F3/c1-5-8-12(9-6-2,10-7-3)11(4)13;1-7-2-4-8(5-3-7)6-9(10,11)12/h5-10H2,1-4H3;2-5H,6H2,1H3. The van der Waals surface area contributed by atoms with E-state index in [9.17, 15) is 18.0 Å². The van der Waals surface area contributed by atoms with E-state index in [1.54, 1.807) is 19.1 Å². The van der Waals surface area contributed by atoms with Gasteiger partial charge in [-0.25, -0.2) is 0 Å². The van der Waals surface area contributed by atoms with E-state index < -0.39 is 12.6 Å². The average molecular weight is 358 g/mol. The summed E-state index contributed by atoms with van der Waals surface area (Å²) in [6.07, 6.45) is 1.65. The summed E-state index contributed by atoms with van der Waals surface area (Å²) in [5.74, 6) is 0.401. The number of benzene rings is 1. The van der Waals surface area contributed by atoms with E-state index in [0.29, 0.717) is 11.3 Å². The van der Waals surface area contributed by atoms with Crippen LogP contribution in [0.3, 0.4) is 0 Å². The molecular weight excluding hydrogens is 325 g/mol. The summed E-state index contributed by atoms with van der Waals surface area (Å²) in [6.45, 7) is 10.1. The lowest BCUT2D eigenvalue weighted by Gasteiger charge is -2.30. The van der Waals surface area contributed by atoms with Crippen molar-refractivity contribution in [1.82, 2.24) is 0 Å². The van der Waals surface area contributed by atoms with Gasteiger partial charge in [0.2, 0.25) is 0 Å². The molecule has 0 unspecified atom stereocenters. The number of hydrogen-bond acceptors (Lipinski definition) is 1. The van der Waals surface area contributed by atoms with Crippen LogP contribution in [0.15, 0.2) is 24.3 Å². The van der Waals surface area contributed by atoms with Crippen molar-refractivity contribution in [3.05, 3.63) is 35.4 Å². The van der Waals surface area contributed by atoms with Crippen LogP contribution in [0.1, 0.15) is 77.3 Å². The van der Waals surface area contributed by atoms with Crippen LogP contribution in [-0.2, 0) is 11.2 Å². The molecule has 0 amide bonds. The van der Waals surface area contributed by atoms with Crippen molar-refractivity contribution >= 4 is 5.78 Å². The van der Waals surface area contributed by atoms with Gasteiger partial charge in [-0.1, -0.05) is 69.9 Å². The molecular formula is C21H33F3O. The zero-order valence-corrected chi connectivity index (χ0v) is 16.3. The van der Waals surface area contributed by atoms with E-state index in [1.807, 2.05) is 6.92 Å². The van der Waals surface area contributed by atoms with Gasteiger partial charge in [0.1, 0.15) is 5.78 Å². The topological polar surface area (TPSA) is 17.1 Å². The second kappa shape index (κ2) is 11.3. The number of carbonyl (C=O) groups excluding carboxylic acids is 1. The van der Waals surface area contributed by atoms with E-state index in [4.69, 9.17) is 0 Å². The summed E-state index contributed by atoms with van der Waals surface area (Å²) in [6, 6.07) is 6.37. The predicted molar refractivity (Wildman–Crippen MR) is 98.8 cm³/mol. The van der Waals surface area contributed by atoms with Crippen LogP contribution < -0.4 is 0 Å². The molecule has 0 aliphatic heterocycles. The molecule has 0 radical (unpaired) electrons. The van der Waals surface area contributed by atoms with E-state index in [1.165, 1.54) is 12.1 Å². The van der Waals surface area contributed by atoms with E-state index >= 15 is 0 Å². The van der Waals surface area contributed by atoms with Crippen LogP contribution in [0.4, 0.5) is 13.2 Å². The van der Waals surface area contributed by atoms with Crippen molar-refractivity contribution in [2.24, 2.45) is 5.41 Å². The SMILES string of the molecule is CCCC(CCC)(CCC)C(C)=O.Cc1ccc(CC(F)(F)F)cc1. The molecule has 0 bridgehead atoms. The van der Waals surface area contributed by atoms with Crippen LogP contribution in [-0.4, -0.2) is 12.0 Å². The van der Waals surface area contributed by atoms with Gasteiger partial charge >= 0.3 is 6.18 Å². The van der Waals surface area contributed by atoms with Gasteiger partial charge in [0, 0.05) is 5.41 Å². The van der Waals surface area contributed by atoms with Gasteiger partial charge in [-0.15, -0.1) is 0 Å². The summed E-state index contributed by atoms with van der Waals surface area (Å²) < 4.78 is 35.5. The second-order valence-corrected chi connectivity index (χ2v) is 6.86. The van der Waals surface area contributed by atoms with Crippen molar-refractivity contribution < 1.29 is 18.0 Å². The van der Waals surface area contributed by atoms with Crippen molar-refractivity contribution in [2.45, 2.75) is 85.7 Å².